The SMILES string of the molecule is Cc1ccc(OCC(=O)N2CCCC2CC(=O)O)c(Br)c1. The van der Waals surface area contributed by atoms with Crippen LogP contribution in [-0.4, -0.2) is 41.1 Å². The Bertz CT molecular complexity index is 546. The number of hydrogen-bond donors (Lipinski definition) is 1. The minimum absolute atomic E-state index is 0.0000336. The number of carbonyl (C=O) groups excluding carboxylic acids is 1. The highest BCUT2D eigenvalue weighted by molar-refractivity contribution is 9.10. The van der Waals surface area contributed by atoms with Gasteiger partial charge in [0, 0.05) is 12.6 Å². The average Bonchev–Trinajstić information content (AvgIpc) is 2.84. The third-order valence-corrected chi connectivity index (χ3v) is 4.17. The average molecular weight is 356 g/mol. The van der Waals surface area contributed by atoms with Crippen LogP contribution in [0, 0.1) is 6.92 Å². The predicted molar refractivity (Wildman–Crippen MR) is 81.4 cm³/mol. The molecule has 1 aromatic rings. The van der Waals surface area contributed by atoms with Gasteiger partial charge in [0.25, 0.3) is 5.91 Å². The molecule has 1 heterocycles. The van der Waals surface area contributed by atoms with Crippen molar-refractivity contribution in [3.8, 4) is 5.75 Å². The van der Waals surface area contributed by atoms with Crippen molar-refractivity contribution < 1.29 is 19.4 Å². The van der Waals surface area contributed by atoms with Gasteiger partial charge in [0.15, 0.2) is 6.61 Å². The van der Waals surface area contributed by atoms with Crippen LogP contribution >= 0.6 is 15.9 Å². The molecule has 0 aliphatic carbocycles. The number of hydrogen-bond acceptors (Lipinski definition) is 3. The van der Waals surface area contributed by atoms with Gasteiger partial charge in [-0.3, -0.25) is 9.59 Å². The number of nitrogens with zero attached hydrogens (tertiary/aromatic N) is 1. The standard InChI is InChI=1S/C15H18BrNO4/c1-10-4-5-13(12(16)7-10)21-9-14(18)17-6-2-3-11(17)8-15(19)20/h4-5,7,11H,2-3,6,8-9H2,1H3,(H,19,20). The predicted octanol–water partition coefficient (Wildman–Crippen LogP) is 2.60. The lowest BCUT2D eigenvalue weighted by molar-refractivity contribution is -0.140. The van der Waals surface area contributed by atoms with Gasteiger partial charge in [-0.1, -0.05) is 6.07 Å². The molecular weight excluding hydrogens is 338 g/mol. The van der Waals surface area contributed by atoms with E-state index >= 15 is 0 Å². The van der Waals surface area contributed by atoms with Gasteiger partial charge in [-0.25, -0.2) is 0 Å². The fourth-order valence-corrected chi connectivity index (χ4v) is 3.13. The van der Waals surface area contributed by atoms with Crippen LogP contribution in [0.3, 0.4) is 0 Å². The van der Waals surface area contributed by atoms with E-state index in [1.54, 1.807) is 4.90 Å². The summed E-state index contributed by atoms with van der Waals surface area (Å²) in [5.41, 5.74) is 1.10. The summed E-state index contributed by atoms with van der Waals surface area (Å²) in [6.07, 6.45) is 1.59. The third-order valence-electron chi connectivity index (χ3n) is 3.55. The van der Waals surface area contributed by atoms with Crippen LogP contribution in [0.15, 0.2) is 22.7 Å². The Morgan fingerprint density at radius 3 is 2.90 bits per heavy atom. The van der Waals surface area contributed by atoms with Crippen molar-refractivity contribution >= 4 is 27.8 Å². The summed E-state index contributed by atoms with van der Waals surface area (Å²) in [6.45, 7) is 2.51. The summed E-state index contributed by atoms with van der Waals surface area (Å²) in [7, 11) is 0. The lowest BCUT2D eigenvalue weighted by atomic mass is 10.1. The first kappa shape index (κ1) is 15.8. The van der Waals surface area contributed by atoms with E-state index < -0.39 is 5.97 Å². The molecule has 1 saturated heterocycles. The van der Waals surface area contributed by atoms with E-state index in [1.807, 2.05) is 25.1 Å². The van der Waals surface area contributed by atoms with E-state index in [0.717, 1.165) is 22.9 Å². The Morgan fingerprint density at radius 1 is 1.48 bits per heavy atom. The Labute approximate surface area is 132 Å². The highest BCUT2D eigenvalue weighted by Gasteiger charge is 2.30. The fourth-order valence-electron chi connectivity index (χ4n) is 2.52. The fraction of sp³-hybridized carbons (Fsp3) is 0.467. The molecule has 1 N–H and O–H groups in total. The molecule has 1 atom stereocenters. The molecule has 1 unspecified atom stereocenters. The van der Waals surface area contributed by atoms with Gasteiger partial charge in [0.05, 0.1) is 10.9 Å². The normalized spacial score (nSPS) is 17.8. The summed E-state index contributed by atoms with van der Waals surface area (Å²) < 4.78 is 6.34. The van der Waals surface area contributed by atoms with Gasteiger partial charge in [-0.15, -0.1) is 0 Å². The second-order valence-electron chi connectivity index (χ2n) is 5.20. The summed E-state index contributed by atoms with van der Waals surface area (Å²) in [6, 6.07) is 5.43. The van der Waals surface area contributed by atoms with Gasteiger partial charge in [0.1, 0.15) is 5.75 Å². The summed E-state index contributed by atoms with van der Waals surface area (Å²) in [5.74, 6) is -0.420. The first-order valence-corrected chi connectivity index (χ1v) is 7.67. The molecule has 0 spiro atoms. The number of rotatable bonds is 5. The molecule has 0 bridgehead atoms. The van der Waals surface area contributed by atoms with Gasteiger partial charge < -0.3 is 14.7 Å². The Kier molecular flexibility index (Phi) is 5.22. The van der Waals surface area contributed by atoms with E-state index in [-0.39, 0.29) is 25.0 Å². The number of carboxylic acids is 1. The van der Waals surface area contributed by atoms with Crippen molar-refractivity contribution in [2.75, 3.05) is 13.2 Å². The Morgan fingerprint density at radius 2 is 2.24 bits per heavy atom. The molecule has 2 rings (SSSR count). The van der Waals surface area contributed by atoms with E-state index in [4.69, 9.17) is 9.84 Å². The van der Waals surface area contributed by atoms with Gasteiger partial charge in [-0.05, 0) is 53.4 Å². The maximum atomic E-state index is 12.2. The van der Waals surface area contributed by atoms with Crippen molar-refractivity contribution in [1.82, 2.24) is 4.90 Å². The molecule has 0 aromatic heterocycles. The first-order chi connectivity index (χ1) is 9.97. The molecule has 21 heavy (non-hydrogen) atoms. The number of halogens is 1. The lowest BCUT2D eigenvalue weighted by Crippen LogP contribution is -2.39. The zero-order valence-electron chi connectivity index (χ0n) is 11.8. The topological polar surface area (TPSA) is 66.8 Å². The molecule has 1 fully saturated rings. The zero-order chi connectivity index (χ0) is 15.4. The molecule has 1 aliphatic heterocycles. The van der Waals surface area contributed by atoms with E-state index in [2.05, 4.69) is 15.9 Å². The number of likely N-dealkylation sites (tertiary alicyclic amines) is 1. The summed E-state index contributed by atoms with van der Waals surface area (Å²) >= 11 is 3.40. The van der Waals surface area contributed by atoms with Crippen LogP contribution in [0.4, 0.5) is 0 Å². The van der Waals surface area contributed by atoms with Crippen molar-refractivity contribution in [3.05, 3.63) is 28.2 Å². The highest BCUT2D eigenvalue weighted by atomic mass is 79.9. The van der Waals surface area contributed by atoms with Crippen LogP contribution < -0.4 is 4.74 Å². The van der Waals surface area contributed by atoms with Gasteiger partial charge in [0.2, 0.25) is 0 Å². The molecule has 0 radical (unpaired) electrons. The van der Waals surface area contributed by atoms with Gasteiger partial charge >= 0.3 is 5.97 Å². The summed E-state index contributed by atoms with van der Waals surface area (Å²) in [4.78, 5) is 24.6. The molecule has 1 aliphatic rings. The quantitative estimate of drug-likeness (QED) is 0.881. The molecule has 5 nitrogen and oxygen atoms in total. The molecule has 1 amide bonds. The van der Waals surface area contributed by atoms with Crippen LogP contribution in [0.1, 0.15) is 24.8 Å². The monoisotopic (exact) mass is 355 g/mol. The van der Waals surface area contributed by atoms with Crippen LogP contribution in [0.25, 0.3) is 0 Å². The number of aliphatic carboxylic acids is 1. The number of carboxylic acid groups (broad SMARTS) is 1. The number of amides is 1. The van der Waals surface area contributed by atoms with E-state index in [9.17, 15) is 9.59 Å². The number of benzene rings is 1. The van der Waals surface area contributed by atoms with Crippen molar-refractivity contribution in [3.63, 3.8) is 0 Å². The molecular formula is C15H18BrNO4. The number of ether oxygens (including phenoxy) is 1. The first-order valence-electron chi connectivity index (χ1n) is 6.87. The van der Waals surface area contributed by atoms with E-state index in [0.29, 0.717) is 12.3 Å². The Hall–Kier alpha value is -1.56. The lowest BCUT2D eigenvalue weighted by Gasteiger charge is -2.23. The minimum Gasteiger partial charge on any atom is -0.483 e. The maximum absolute atomic E-state index is 12.2. The van der Waals surface area contributed by atoms with Crippen LogP contribution in [0.2, 0.25) is 0 Å². The van der Waals surface area contributed by atoms with Crippen molar-refractivity contribution in [2.45, 2.75) is 32.2 Å². The maximum Gasteiger partial charge on any atom is 0.305 e. The third kappa shape index (κ3) is 4.20. The second-order valence-corrected chi connectivity index (χ2v) is 6.06. The van der Waals surface area contributed by atoms with Gasteiger partial charge in [-0.2, -0.15) is 0 Å². The van der Waals surface area contributed by atoms with Crippen molar-refractivity contribution in [1.29, 1.82) is 0 Å². The zero-order valence-corrected chi connectivity index (χ0v) is 13.4. The Balaban J connectivity index is 1.93. The van der Waals surface area contributed by atoms with Crippen molar-refractivity contribution in [2.24, 2.45) is 0 Å². The second kappa shape index (κ2) is 6.93. The largest absolute Gasteiger partial charge is 0.483 e. The number of aryl methyl sites for hydroxylation is 1. The molecule has 1 aromatic carbocycles. The molecule has 0 saturated carbocycles. The van der Waals surface area contributed by atoms with E-state index in [1.165, 1.54) is 0 Å². The smallest absolute Gasteiger partial charge is 0.305 e. The number of carbonyl (C=O) groups is 2. The minimum atomic E-state index is -0.873. The molecule has 114 valence electrons. The summed E-state index contributed by atoms with van der Waals surface area (Å²) in [5, 5.41) is 8.87. The van der Waals surface area contributed by atoms with Crippen LogP contribution in [-0.2, 0) is 9.59 Å². The highest BCUT2D eigenvalue weighted by Crippen LogP contribution is 2.26. The molecule has 6 heteroatoms. The van der Waals surface area contributed by atoms with Crippen LogP contribution in [0.5, 0.6) is 5.75 Å².